The summed E-state index contributed by atoms with van der Waals surface area (Å²) in [4.78, 5) is 26.0. The molecule has 3 aliphatic rings. The van der Waals surface area contributed by atoms with Gasteiger partial charge >= 0.3 is 0 Å². The Morgan fingerprint density at radius 3 is 2.92 bits per heavy atom. The van der Waals surface area contributed by atoms with Crippen molar-refractivity contribution in [2.45, 2.75) is 30.4 Å². The number of hydrogen-bond donors (Lipinski definition) is 2. The van der Waals surface area contributed by atoms with Gasteiger partial charge in [0.2, 0.25) is 5.91 Å². The lowest BCUT2D eigenvalue weighted by atomic mass is 9.85. The highest BCUT2D eigenvalue weighted by Crippen LogP contribution is 2.45. The molecule has 3 aromatic heterocycles. The summed E-state index contributed by atoms with van der Waals surface area (Å²) in [6.07, 6.45) is 6.12. The van der Waals surface area contributed by atoms with Gasteiger partial charge in [0.1, 0.15) is 27.5 Å². The highest BCUT2D eigenvalue weighted by Gasteiger charge is 2.61. The number of aromatic nitrogens is 4. The number of carbonyl (C=O) groups excluding carboxylic acids is 1. The third-order valence-corrected chi connectivity index (χ3v) is 11.6. The number of nitrogens with one attached hydrogen (secondary N) is 2. The van der Waals surface area contributed by atoms with Crippen molar-refractivity contribution in [2.75, 3.05) is 31.3 Å². The molecule has 1 atom stereocenters. The average molecular weight is 525 g/mol. The lowest BCUT2D eigenvalue weighted by molar-refractivity contribution is -0.141. The summed E-state index contributed by atoms with van der Waals surface area (Å²) in [5.41, 5.74) is 2.86. The van der Waals surface area contributed by atoms with Gasteiger partial charge in [-0.2, -0.15) is 5.10 Å². The highest BCUT2D eigenvalue weighted by atomic mass is 32.2. The number of ether oxygens (including phenoxy) is 1. The number of anilines is 2. The minimum atomic E-state index is -3.02. The number of rotatable bonds is 4. The minimum Gasteiger partial charge on any atom is -0.494 e. The van der Waals surface area contributed by atoms with E-state index in [1.807, 2.05) is 12.1 Å². The van der Waals surface area contributed by atoms with Crippen LogP contribution in [-0.4, -0.2) is 70.1 Å². The van der Waals surface area contributed by atoms with E-state index < -0.39 is 14.6 Å². The van der Waals surface area contributed by atoms with E-state index in [4.69, 9.17) is 4.74 Å². The van der Waals surface area contributed by atoms with Crippen molar-refractivity contribution < 1.29 is 17.9 Å². The standard InChI is InChI=1S/C24H24N6O4S2/c1-34-18-8-16-14(9-27-29-16)6-17(18)28-21-20-15-3-2-13(7-19(15)35-22(20)26-12-25-21)23(31)30-10-24(11-30)4-5-36(24,32)33/h6,8-9,12-13H,2-5,7,10-11H2,1H3,(H,27,29)(H,25,26,28)/t13-/m0/s1. The van der Waals surface area contributed by atoms with E-state index >= 15 is 0 Å². The third-order valence-electron chi connectivity index (χ3n) is 7.96. The number of fused-ring (bicyclic) bond motifs is 4. The first-order valence-corrected chi connectivity index (χ1v) is 14.4. The molecule has 7 rings (SSSR count). The van der Waals surface area contributed by atoms with Gasteiger partial charge in [-0.3, -0.25) is 9.89 Å². The quantitative estimate of drug-likeness (QED) is 0.417. The van der Waals surface area contributed by atoms with Crippen LogP contribution in [0.4, 0.5) is 11.5 Å². The Bertz CT molecular complexity index is 1650. The molecule has 2 fully saturated rings. The first-order valence-electron chi connectivity index (χ1n) is 11.9. The molecule has 186 valence electrons. The summed E-state index contributed by atoms with van der Waals surface area (Å²) in [7, 11) is -1.39. The summed E-state index contributed by atoms with van der Waals surface area (Å²) in [5.74, 6) is 1.59. The molecule has 1 aliphatic carbocycles. The number of sulfone groups is 1. The Hall–Kier alpha value is -3.25. The molecule has 1 amide bonds. The number of likely N-dealkylation sites (tertiary alicyclic amines) is 1. The lowest BCUT2D eigenvalue weighted by Gasteiger charge is -2.55. The molecule has 36 heavy (non-hydrogen) atoms. The van der Waals surface area contributed by atoms with E-state index in [-0.39, 0.29) is 17.6 Å². The molecule has 0 unspecified atom stereocenters. The van der Waals surface area contributed by atoms with E-state index in [9.17, 15) is 13.2 Å². The van der Waals surface area contributed by atoms with Gasteiger partial charge in [0, 0.05) is 35.3 Å². The van der Waals surface area contributed by atoms with Gasteiger partial charge in [0.15, 0.2) is 9.84 Å². The number of carbonyl (C=O) groups is 1. The van der Waals surface area contributed by atoms with Crippen LogP contribution >= 0.6 is 11.3 Å². The first kappa shape index (κ1) is 22.0. The van der Waals surface area contributed by atoms with Crippen molar-refractivity contribution in [2.24, 2.45) is 5.92 Å². The van der Waals surface area contributed by atoms with E-state index in [1.165, 1.54) is 5.56 Å². The fraction of sp³-hybridized carbons (Fsp3) is 0.417. The topological polar surface area (TPSA) is 130 Å². The number of nitrogens with zero attached hydrogens (tertiary/aromatic N) is 4. The fourth-order valence-electron chi connectivity index (χ4n) is 5.76. The smallest absolute Gasteiger partial charge is 0.226 e. The largest absolute Gasteiger partial charge is 0.494 e. The number of aromatic amines is 1. The maximum Gasteiger partial charge on any atom is 0.226 e. The number of thiophene rings is 1. The zero-order valence-electron chi connectivity index (χ0n) is 19.6. The van der Waals surface area contributed by atoms with E-state index in [1.54, 1.807) is 35.9 Å². The number of methoxy groups -OCH3 is 1. The molecule has 2 aliphatic heterocycles. The Balaban J connectivity index is 1.16. The third kappa shape index (κ3) is 3.10. The summed E-state index contributed by atoms with van der Waals surface area (Å²) >= 11 is 1.61. The van der Waals surface area contributed by atoms with Crippen molar-refractivity contribution in [3.63, 3.8) is 0 Å². The zero-order chi connectivity index (χ0) is 24.7. The van der Waals surface area contributed by atoms with Crippen molar-refractivity contribution in [3.05, 3.63) is 35.1 Å². The van der Waals surface area contributed by atoms with Gasteiger partial charge in [-0.15, -0.1) is 11.3 Å². The second-order valence-corrected chi connectivity index (χ2v) is 13.5. The van der Waals surface area contributed by atoms with Crippen LogP contribution in [-0.2, 0) is 27.5 Å². The molecule has 2 saturated heterocycles. The van der Waals surface area contributed by atoms with Crippen LogP contribution in [0.1, 0.15) is 23.3 Å². The van der Waals surface area contributed by atoms with E-state index in [2.05, 4.69) is 25.5 Å². The maximum atomic E-state index is 13.2. The van der Waals surface area contributed by atoms with Gasteiger partial charge in [-0.05, 0) is 37.3 Å². The number of H-pyrrole nitrogens is 1. The second-order valence-electron chi connectivity index (χ2n) is 9.93. The second kappa shape index (κ2) is 7.62. The van der Waals surface area contributed by atoms with Crippen LogP contribution in [0.25, 0.3) is 21.1 Å². The summed E-state index contributed by atoms with van der Waals surface area (Å²) in [5, 5.41) is 12.4. The lowest BCUT2D eigenvalue weighted by Crippen LogP contribution is -2.73. The Kier molecular flexibility index (Phi) is 4.66. The molecule has 0 bridgehead atoms. The molecule has 1 spiro atoms. The molecule has 12 heteroatoms. The van der Waals surface area contributed by atoms with Gasteiger partial charge < -0.3 is 15.0 Å². The number of benzene rings is 1. The predicted octanol–water partition coefficient (Wildman–Crippen LogP) is 2.82. The van der Waals surface area contributed by atoms with Crippen LogP contribution in [0, 0.1) is 5.92 Å². The zero-order valence-corrected chi connectivity index (χ0v) is 21.2. The highest BCUT2D eigenvalue weighted by molar-refractivity contribution is 7.94. The molecule has 1 aromatic carbocycles. The summed E-state index contributed by atoms with van der Waals surface area (Å²) in [6.45, 7) is 0.707. The molecule has 5 heterocycles. The molecular weight excluding hydrogens is 500 g/mol. The van der Waals surface area contributed by atoms with Gasteiger partial charge in [0.25, 0.3) is 0 Å². The fourth-order valence-corrected chi connectivity index (χ4v) is 8.84. The number of aryl methyl sites for hydroxylation is 1. The molecule has 10 nitrogen and oxygen atoms in total. The van der Waals surface area contributed by atoms with Crippen molar-refractivity contribution in [1.29, 1.82) is 0 Å². The summed E-state index contributed by atoms with van der Waals surface area (Å²) in [6, 6.07) is 3.87. The van der Waals surface area contributed by atoms with Crippen molar-refractivity contribution in [1.82, 2.24) is 25.1 Å². The van der Waals surface area contributed by atoms with Crippen molar-refractivity contribution in [3.8, 4) is 5.75 Å². The van der Waals surface area contributed by atoms with Crippen molar-refractivity contribution >= 4 is 59.7 Å². The van der Waals surface area contributed by atoms with Gasteiger partial charge in [0.05, 0.1) is 35.6 Å². The Morgan fingerprint density at radius 1 is 1.31 bits per heavy atom. The Labute approximate surface area is 211 Å². The summed E-state index contributed by atoms with van der Waals surface area (Å²) < 4.78 is 29.2. The predicted molar refractivity (Wildman–Crippen MR) is 137 cm³/mol. The van der Waals surface area contributed by atoms with Gasteiger partial charge in [-0.1, -0.05) is 0 Å². The average Bonchev–Trinajstić information content (AvgIpc) is 3.45. The van der Waals surface area contributed by atoms with Crippen LogP contribution in [0.15, 0.2) is 24.7 Å². The molecule has 2 N–H and O–H groups in total. The van der Waals surface area contributed by atoms with Crippen LogP contribution in [0.3, 0.4) is 0 Å². The maximum absolute atomic E-state index is 13.2. The van der Waals surface area contributed by atoms with Crippen LogP contribution in [0.5, 0.6) is 5.75 Å². The minimum absolute atomic E-state index is 0.0772. The van der Waals surface area contributed by atoms with Crippen LogP contribution < -0.4 is 10.1 Å². The molecular formula is C24H24N6O4S2. The Morgan fingerprint density at radius 2 is 2.17 bits per heavy atom. The van der Waals surface area contributed by atoms with Gasteiger partial charge in [-0.25, -0.2) is 18.4 Å². The molecule has 0 radical (unpaired) electrons. The van der Waals surface area contributed by atoms with Crippen LogP contribution in [0.2, 0.25) is 0 Å². The number of amides is 1. The van der Waals surface area contributed by atoms with E-state index in [0.717, 1.165) is 44.5 Å². The normalized spacial score (nSPS) is 21.7. The molecule has 0 saturated carbocycles. The monoisotopic (exact) mass is 524 g/mol. The van der Waals surface area contributed by atoms with E-state index in [0.29, 0.717) is 37.5 Å². The molecule has 4 aromatic rings. The SMILES string of the molecule is COc1cc2[nH]ncc2cc1Nc1ncnc2sc3c(c12)CC[C@H](C(=O)N1CC2(CCS2(=O)=O)C1)C3. The first-order chi connectivity index (χ1) is 17.4. The number of hydrogen-bond acceptors (Lipinski definition) is 9.